The number of carbonyl (C=O) groups is 1. The van der Waals surface area contributed by atoms with Crippen LogP contribution in [0.3, 0.4) is 0 Å². The molecule has 2 aliphatic rings. The number of amides is 1. The molecule has 134 valence electrons. The molecule has 0 aliphatic heterocycles. The third-order valence-electron chi connectivity index (χ3n) is 6.97. The third kappa shape index (κ3) is 2.64. The van der Waals surface area contributed by atoms with Gasteiger partial charge in [-0.05, 0) is 55.1 Å². The predicted octanol–water partition coefficient (Wildman–Crippen LogP) is 4.59. The molecule has 3 unspecified atom stereocenters. The van der Waals surface area contributed by atoms with Crippen LogP contribution < -0.4 is 5.32 Å². The number of fused-ring (bicyclic) bond motifs is 2. The van der Waals surface area contributed by atoms with Crippen molar-refractivity contribution in [3.8, 4) is 10.8 Å². The number of aromatic nitrogens is 1. The lowest BCUT2D eigenvalue weighted by Crippen LogP contribution is -2.47. The summed E-state index contributed by atoms with van der Waals surface area (Å²) in [6, 6.07) is 4.15. The van der Waals surface area contributed by atoms with Crippen LogP contribution in [0.1, 0.15) is 51.5 Å². The monoisotopic (exact) mass is 358 g/mol. The van der Waals surface area contributed by atoms with Crippen molar-refractivity contribution < 1.29 is 9.21 Å². The van der Waals surface area contributed by atoms with Gasteiger partial charge in [0.05, 0.1) is 12.1 Å². The second-order valence-corrected chi connectivity index (χ2v) is 9.32. The van der Waals surface area contributed by atoms with E-state index in [0.29, 0.717) is 17.9 Å². The Balaban J connectivity index is 1.41. The summed E-state index contributed by atoms with van der Waals surface area (Å²) in [5.41, 5.74) is 1.35. The average Bonchev–Trinajstić information content (AvgIpc) is 3.25. The van der Waals surface area contributed by atoms with Gasteiger partial charge in [0.2, 0.25) is 5.91 Å². The number of thiazole rings is 1. The molecule has 4 nitrogen and oxygen atoms in total. The molecule has 2 saturated carbocycles. The highest BCUT2D eigenvalue weighted by Crippen LogP contribution is 2.65. The molecule has 0 aromatic carbocycles. The molecule has 4 rings (SSSR count). The number of hydrogen-bond acceptors (Lipinski definition) is 4. The van der Waals surface area contributed by atoms with Crippen LogP contribution in [-0.2, 0) is 11.2 Å². The highest BCUT2D eigenvalue weighted by molar-refractivity contribution is 7.13. The van der Waals surface area contributed by atoms with Crippen molar-refractivity contribution in [1.29, 1.82) is 0 Å². The summed E-state index contributed by atoms with van der Waals surface area (Å²) in [5, 5.41) is 6.10. The Morgan fingerprint density at radius 3 is 2.80 bits per heavy atom. The first-order chi connectivity index (χ1) is 11.8. The number of rotatable bonds is 4. The van der Waals surface area contributed by atoms with Gasteiger partial charge in [0.15, 0.2) is 10.8 Å². The fraction of sp³-hybridized carbons (Fsp3) is 0.600. The van der Waals surface area contributed by atoms with E-state index in [1.54, 1.807) is 0 Å². The van der Waals surface area contributed by atoms with Crippen LogP contribution in [0, 0.1) is 23.7 Å². The summed E-state index contributed by atoms with van der Waals surface area (Å²) in [4.78, 5) is 17.1. The van der Waals surface area contributed by atoms with Crippen LogP contribution >= 0.6 is 11.3 Å². The zero-order chi connectivity index (χ0) is 17.8. The Labute approximate surface area is 153 Å². The highest BCUT2D eigenvalue weighted by atomic mass is 32.1. The van der Waals surface area contributed by atoms with E-state index in [-0.39, 0.29) is 11.3 Å². The number of hydrogen-bond donors (Lipinski definition) is 1. The van der Waals surface area contributed by atoms with Crippen molar-refractivity contribution >= 4 is 17.2 Å². The molecule has 2 fully saturated rings. The smallest absolute Gasteiger partial charge is 0.226 e. The minimum Gasteiger partial charge on any atom is -0.459 e. The van der Waals surface area contributed by atoms with Gasteiger partial charge in [-0.3, -0.25) is 4.79 Å². The quantitative estimate of drug-likeness (QED) is 0.870. The van der Waals surface area contributed by atoms with Crippen molar-refractivity contribution in [1.82, 2.24) is 10.3 Å². The molecule has 2 aromatic rings. The summed E-state index contributed by atoms with van der Waals surface area (Å²) >= 11 is 1.53. The Kier molecular flexibility index (Phi) is 3.83. The first-order valence-corrected chi connectivity index (χ1v) is 9.98. The van der Waals surface area contributed by atoms with Gasteiger partial charge < -0.3 is 9.73 Å². The second kappa shape index (κ2) is 5.70. The van der Waals surface area contributed by atoms with Crippen LogP contribution in [0.5, 0.6) is 0 Å². The first-order valence-electron chi connectivity index (χ1n) is 9.10. The summed E-state index contributed by atoms with van der Waals surface area (Å²) in [6.07, 6.45) is 3.97. The van der Waals surface area contributed by atoms with E-state index in [9.17, 15) is 4.79 Å². The van der Waals surface area contributed by atoms with Gasteiger partial charge in [-0.15, -0.1) is 11.3 Å². The summed E-state index contributed by atoms with van der Waals surface area (Å²) in [5.74, 6) is 2.46. The molecule has 2 aliphatic carbocycles. The second-order valence-electron chi connectivity index (χ2n) is 8.46. The largest absolute Gasteiger partial charge is 0.459 e. The lowest BCUT2D eigenvalue weighted by Gasteiger charge is -2.39. The van der Waals surface area contributed by atoms with Crippen LogP contribution in [0.4, 0.5) is 0 Å². The summed E-state index contributed by atoms with van der Waals surface area (Å²) in [6.45, 7) is 9.01. The first kappa shape index (κ1) is 16.8. The van der Waals surface area contributed by atoms with E-state index in [1.165, 1.54) is 24.2 Å². The van der Waals surface area contributed by atoms with Gasteiger partial charge in [-0.25, -0.2) is 4.98 Å². The highest BCUT2D eigenvalue weighted by Gasteiger charge is 2.61. The van der Waals surface area contributed by atoms with Crippen LogP contribution in [0.2, 0.25) is 0 Å². The lowest BCUT2D eigenvalue weighted by molar-refractivity contribution is -0.122. The Morgan fingerprint density at radius 1 is 1.40 bits per heavy atom. The van der Waals surface area contributed by atoms with Crippen LogP contribution in [-0.4, -0.2) is 16.9 Å². The normalized spacial score (nSPS) is 29.9. The molecule has 3 atom stereocenters. The number of aryl methyl sites for hydroxylation is 1. The molecule has 2 aromatic heterocycles. The maximum absolute atomic E-state index is 12.6. The molecular formula is C20H26N2O2S. The Morgan fingerprint density at radius 2 is 2.20 bits per heavy atom. The van der Waals surface area contributed by atoms with E-state index in [2.05, 4.69) is 31.1 Å². The van der Waals surface area contributed by atoms with E-state index in [4.69, 9.17) is 4.42 Å². The molecule has 2 bridgehead atoms. The van der Waals surface area contributed by atoms with Gasteiger partial charge in [0.25, 0.3) is 0 Å². The number of carbonyl (C=O) groups excluding carboxylic acids is 1. The Bertz CT molecular complexity index is 806. The standard InChI is InChI=1S/C20H26N2O2S/c1-12-5-6-15(24-12)18-21-14(11-25-18)10-17(23)22-16-9-13-7-8-20(16,4)19(13,2)3/h5-6,11,13,16H,7-10H2,1-4H3,(H,22,23). The topological polar surface area (TPSA) is 55.1 Å². The maximum Gasteiger partial charge on any atom is 0.226 e. The van der Waals surface area contributed by atoms with Crippen molar-refractivity contribution in [2.75, 3.05) is 0 Å². The zero-order valence-electron chi connectivity index (χ0n) is 15.4. The van der Waals surface area contributed by atoms with E-state index in [1.807, 2.05) is 24.4 Å². The number of nitrogens with one attached hydrogen (secondary N) is 1. The molecule has 0 spiro atoms. The van der Waals surface area contributed by atoms with E-state index < -0.39 is 0 Å². The van der Waals surface area contributed by atoms with Crippen molar-refractivity contribution in [2.45, 2.75) is 59.4 Å². The van der Waals surface area contributed by atoms with Crippen molar-refractivity contribution in [2.24, 2.45) is 16.7 Å². The van der Waals surface area contributed by atoms with Gasteiger partial charge >= 0.3 is 0 Å². The third-order valence-corrected chi connectivity index (χ3v) is 7.88. The average molecular weight is 359 g/mol. The van der Waals surface area contributed by atoms with Crippen LogP contribution in [0.15, 0.2) is 21.9 Å². The van der Waals surface area contributed by atoms with Crippen molar-refractivity contribution in [3.63, 3.8) is 0 Å². The van der Waals surface area contributed by atoms with E-state index >= 15 is 0 Å². The van der Waals surface area contributed by atoms with Gasteiger partial charge in [-0.1, -0.05) is 20.8 Å². The zero-order valence-corrected chi connectivity index (χ0v) is 16.2. The van der Waals surface area contributed by atoms with Gasteiger partial charge in [-0.2, -0.15) is 0 Å². The predicted molar refractivity (Wildman–Crippen MR) is 99.4 cm³/mol. The van der Waals surface area contributed by atoms with Gasteiger partial charge in [0.1, 0.15) is 5.76 Å². The molecule has 2 heterocycles. The fourth-order valence-corrected chi connectivity index (χ4v) is 5.66. The van der Waals surface area contributed by atoms with E-state index in [0.717, 1.165) is 34.6 Å². The molecule has 5 heteroatoms. The Hall–Kier alpha value is -1.62. The molecule has 1 N–H and O–H groups in total. The number of furan rings is 1. The van der Waals surface area contributed by atoms with Gasteiger partial charge in [0, 0.05) is 11.4 Å². The van der Waals surface area contributed by atoms with Crippen LogP contribution in [0.25, 0.3) is 10.8 Å². The molecule has 1 amide bonds. The molecule has 0 saturated heterocycles. The lowest BCUT2D eigenvalue weighted by atomic mass is 9.69. The number of nitrogens with zero attached hydrogens (tertiary/aromatic N) is 1. The minimum atomic E-state index is 0.0852. The SMILES string of the molecule is Cc1ccc(-c2nc(CC(=O)NC3CC4CCC3(C)C4(C)C)cs2)o1. The maximum atomic E-state index is 12.6. The molecule has 25 heavy (non-hydrogen) atoms. The molecular weight excluding hydrogens is 332 g/mol. The molecule has 0 radical (unpaired) electrons. The van der Waals surface area contributed by atoms with Crippen molar-refractivity contribution in [3.05, 3.63) is 29.0 Å². The summed E-state index contributed by atoms with van der Waals surface area (Å²) in [7, 11) is 0. The minimum absolute atomic E-state index is 0.0852. The fourth-order valence-electron chi connectivity index (χ4n) is 4.88. The summed E-state index contributed by atoms with van der Waals surface area (Å²) < 4.78 is 5.61.